The zero-order chi connectivity index (χ0) is 19.4. The highest BCUT2D eigenvalue weighted by molar-refractivity contribution is 7.89. The van der Waals surface area contributed by atoms with E-state index in [1.165, 1.54) is 18.2 Å². The van der Waals surface area contributed by atoms with Gasteiger partial charge < -0.3 is 4.52 Å². The minimum absolute atomic E-state index is 0.0362. The van der Waals surface area contributed by atoms with Crippen molar-refractivity contribution in [1.29, 1.82) is 0 Å². The minimum Gasteiger partial charge on any atom is -0.339 e. The molecule has 0 spiro atoms. The lowest BCUT2D eigenvalue weighted by Crippen LogP contribution is -2.11. The van der Waals surface area contributed by atoms with Crippen molar-refractivity contribution in [2.45, 2.75) is 30.6 Å². The molecule has 0 amide bonds. The van der Waals surface area contributed by atoms with Gasteiger partial charge in [0.1, 0.15) is 5.82 Å². The molecule has 1 aliphatic carbocycles. The molecular formula is C19H18FN3O3S. The lowest BCUT2D eigenvalue weighted by molar-refractivity contribution is 0.368. The van der Waals surface area contributed by atoms with E-state index in [0.29, 0.717) is 11.5 Å². The van der Waals surface area contributed by atoms with Crippen LogP contribution in [0.1, 0.15) is 37.1 Å². The van der Waals surface area contributed by atoms with Gasteiger partial charge in [0.05, 0.1) is 16.4 Å². The molecule has 2 atom stereocenters. The zero-order valence-electron chi connectivity index (χ0n) is 14.8. The van der Waals surface area contributed by atoms with E-state index in [1.54, 1.807) is 30.3 Å². The predicted molar refractivity (Wildman–Crippen MR) is 96.8 cm³/mol. The predicted octanol–water partition coefficient (Wildman–Crippen LogP) is 3.43. The summed E-state index contributed by atoms with van der Waals surface area (Å²) >= 11 is 0. The van der Waals surface area contributed by atoms with Crippen LogP contribution >= 0.6 is 0 Å². The number of primary sulfonamides is 1. The van der Waals surface area contributed by atoms with Gasteiger partial charge in [-0.1, -0.05) is 43.3 Å². The highest BCUT2D eigenvalue weighted by Gasteiger charge is 2.62. The average molecular weight is 387 g/mol. The van der Waals surface area contributed by atoms with Crippen molar-refractivity contribution in [3.8, 4) is 11.4 Å². The third-order valence-corrected chi connectivity index (χ3v) is 6.15. The molecule has 27 heavy (non-hydrogen) atoms. The fourth-order valence-electron chi connectivity index (χ4n) is 3.70. The number of hydrogen-bond donors (Lipinski definition) is 1. The van der Waals surface area contributed by atoms with E-state index in [2.05, 4.69) is 24.0 Å². The first-order chi connectivity index (χ1) is 12.7. The molecule has 0 saturated heterocycles. The summed E-state index contributed by atoms with van der Waals surface area (Å²) in [5, 5.41) is 9.08. The molecule has 0 bridgehead atoms. The monoisotopic (exact) mass is 387 g/mol. The number of nitrogens with zero attached hydrogens (tertiary/aromatic N) is 2. The Labute approximate surface area is 156 Å². The Morgan fingerprint density at radius 2 is 1.74 bits per heavy atom. The Morgan fingerprint density at radius 1 is 1.07 bits per heavy atom. The molecule has 140 valence electrons. The van der Waals surface area contributed by atoms with Crippen LogP contribution in [0.5, 0.6) is 0 Å². The third-order valence-electron chi connectivity index (χ3n) is 5.22. The average Bonchev–Trinajstić information content (AvgIpc) is 2.95. The first-order valence-electron chi connectivity index (χ1n) is 8.41. The highest BCUT2D eigenvalue weighted by Crippen LogP contribution is 2.69. The van der Waals surface area contributed by atoms with Gasteiger partial charge in [0.15, 0.2) is 0 Å². The number of aromatic nitrogens is 2. The number of hydrogen-bond acceptors (Lipinski definition) is 5. The van der Waals surface area contributed by atoms with Gasteiger partial charge in [0.25, 0.3) is 0 Å². The molecule has 0 radical (unpaired) electrons. The van der Waals surface area contributed by atoms with Crippen LogP contribution in [0.4, 0.5) is 4.39 Å². The molecule has 4 rings (SSSR count). The number of nitrogens with two attached hydrogens (primary N) is 1. The van der Waals surface area contributed by atoms with Crippen LogP contribution in [0.25, 0.3) is 11.4 Å². The minimum atomic E-state index is -3.73. The van der Waals surface area contributed by atoms with Crippen LogP contribution in [-0.2, 0) is 10.0 Å². The maximum Gasteiger partial charge on any atom is 0.238 e. The van der Waals surface area contributed by atoms with E-state index in [9.17, 15) is 12.8 Å². The van der Waals surface area contributed by atoms with Gasteiger partial charge >= 0.3 is 0 Å². The quantitative estimate of drug-likeness (QED) is 0.739. The molecule has 1 saturated carbocycles. The van der Waals surface area contributed by atoms with Crippen LogP contribution < -0.4 is 5.14 Å². The molecular weight excluding hydrogens is 369 g/mol. The Hall–Kier alpha value is -2.58. The van der Waals surface area contributed by atoms with Crippen molar-refractivity contribution in [2.75, 3.05) is 0 Å². The maximum absolute atomic E-state index is 13.9. The van der Waals surface area contributed by atoms with Gasteiger partial charge in [-0.15, -0.1) is 0 Å². The normalized spacial score (nSPS) is 21.2. The molecule has 2 aromatic carbocycles. The van der Waals surface area contributed by atoms with E-state index < -0.39 is 15.8 Å². The summed E-state index contributed by atoms with van der Waals surface area (Å²) in [6, 6.07) is 12.8. The molecule has 3 aromatic rings. The lowest BCUT2D eigenvalue weighted by atomic mass is 10.0. The number of sulfonamides is 1. The van der Waals surface area contributed by atoms with Crippen molar-refractivity contribution in [3.05, 3.63) is 65.8 Å². The SMILES string of the molecule is CC1(C)[C@H](c2ccc(S(N)(=O)=O)cc2)[C@H]1c1nc(-c2ccccc2F)no1. The maximum atomic E-state index is 13.9. The van der Waals surface area contributed by atoms with Crippen LogP contribution in [0.2, 0.25) is 0 Å². The van der Waals surface area contributed by atoms with Gasteiger partial charge in [0.2, 0.25) is 21.7 Å². The van der Waals surface area contributed by atoms with Crippen molar-refractivity contribution < 1.29 is 17.3 Å². The number of benzene rings is 2. The zero-order valence-corrected chi connectivity index (χ0v) is 15.6. The summed E-state index contributed by atoms with van der Waals surface area (Å²) < 4.78 is 42.2. The summed E-state index contributed by atoms with van der Waals surface area (Å²) in [5.74, 6) is 0.301. The Balaban J connectivity index is 1.63. The van der Waals surface area contributed by atoms with E-state index in [0.717, 1.165) is 5.56 Å². The largest absolute Gasteiger partial charge is 0.339 e. The third kappa shape index (κ3) is 3.04. The first kappa shape index (κ1) is 17.8. The van der Waals surface area contributed by atoms with Crippen LogP contribution in [0, 0.1) is 11.2 Å². The van der Waals surface area contributed by atoms with Gasteiger partial charge in [-0.3, -0.25) is 0 Å². The van der Waals surface area contributed by atoms with Crippen LogP contribution in [-0.4, -0.2) is 18.6 Å². The van der Waals surface area contributed by atoms with Crippen molar-refractivity contribution in [3.63, 3.8) is 0 Å². The highest BCUT2D eigenvalue weighted by atomic mass is 32.2. The second-order valence-electron chi connectivity index (χ2n) is 7.33. The molecule has 6 nitrogen and oxygen atoms in total. The van der Waals surface area contributed by atoms with Gasteiger partial charge in [-0.05, 0) is 35.2 Å². The molecule has 1 aromatic heterocycles. The van der Waals surface area contributed by atoms with Crippen LogP contribution in [0.15, 0.2) is 57.9 Å². The molecule has 2 N–H and O–H groups in total. The summed E-state index contributed by atoms with van der Waals surface area (Å²) in [6.45, 7) is 4.14. The lowest BCUT2D eigenvalue weighted by Gasteiger charge is -2.04. The van der Waals surface area contributed by atoms with Crippen molar-refractivity contribution in [1.82, 2.24) is 10.1 Å². The number of halogens is 1. The Kier molecular flexibility index (Phi) is 3.94. The van der Waals surface area contributed by atoms with E-state index >= 15 is 0 Å². The van der Waals surface area contributed by atoms with E-state index in [4.69, 9.17) is 9.66 Å². The van der Waals surface area contributed by atoms with Crippen LogP contribution in [0.3, 0.4) is 0 Å². The second-order valence-corrected chi connectivity index (χ2v) is 8.89. The first-order valence-corrected chi connectivity index (χ1v) is 9.95. The second kappa shape index (κ2) is 5.97. The van der Waals surface area contributed by atoms with E-state index in [-0.39, 0.29) is 28.0 Å². The standard InChI is InChI=1S/C19H18FN3O3S/c1-19(2)15(11-7-9-12(10-8-11)27(21,24)25)16(19)18-22-17(23-26-18)13-5-3-4-6-14(13)20/h3-10,15-16H,1-2H3,(H2,21,24,25)/t15-,16+/m1/s1. The number of rotatable bonds is 4. The van der Waals surface area contributed by atoms with E-state index in [1.807, 2.05) is 0 Å². The summed E-state index contributed by atoms with van der Waals surface area (Å²) in [6.07, 6.45) is 0. The van der Waals surface area contributed by atoms with Gasteiger partial charge in [-0.25, -0.2) is 17.9 Å². The van der Waals surface area contributed by atoms with Gasteiger partial charge in [0, 0.05) is 5.92 Å². The molecule has 1 aliphatic rings. The Morgan fingerprint density at radius 3 is 2.37 bits per heavy atom. The smallest absolute Gasteiger partial charge is 0.238 e. The van der Waals surface area contributed by atoms with Gasteiger partial charge in [-0.2, -0.15) is 4.98 Å². The molecule has 8 heteroatoms. The fourth-order valence-corrected chi connectivity index (χ4v) is 4.21. The topological polar surface area (TPSA) is 99.1 Å². The summed E-state index contributed by atoms with van der Waals surface area (Å²) in [7, 11) is -3.73. The molecule has 0 unspecified atom stereocenters. The molecule has 0 aliphatic heterocycles. The van der Waals surface area contributed by atoms with Crippen molar-refractivity contribution >= 4 is 10.0 Å². The summed E-state index contributed by atoms with van der Waals surface area (Å²) in [4.78, 5) is 4.47. The molecule has 1 heterocycles. The van der Waals surface area contributed by atoms with Crippen molar-refractivity contribution in [2.24, 2.45) is 10.6 Å². The Bertz CT molecular complexity index is 1110. The summed E-state index contributed by atoms with van der Waals surface area (Å²) in [5.41, 5.74) is 1.10. The fraction of sp³-hybridized carbons (Fsp3) is 0.263. The molecule has 1 fully saturated rings.